The number of benzene rings is 1. The highest BCUT2D eigenvalue weighted by atomic mass is 35.5. The fraction of sp³-hybridized carbons (Fsp3) is 0.278. The number of nitrogens with one attached hydrogen (secondary N) is 1. The molecule has 0 aliphatic rings. The van der Waals surface area contributed by atoms with Crippen molar-refractivity contribution in [3.8, 4) is 0 Å². The fourth-order valence-electron chi connectivity index (χ4n) is 2.32. The molecular formula is C18H20ClN3O4. The van der Waals surface area contributed by atoms with Gasteiger partial charge in [0.15, 0.2) is 6.04 Å². The number of carbonyl (C=O) groups excluding carboxylic acids is 2. The van der Waals surface area contributed by atoms with Crippen molar-refractivity contribution in [1.82, 2.24) is 15.1 Å². The molecule has 138 valence electrons. The van der Waals surface area contributed by atoms with Gasteiger partial charge >= 0.3 is 5.97 Å². The number of methoxy groups -OCH3 is 1. The smallest absolute Gasteiger partial charge is 0.330 e. The van der Waals surface area contributed by atoms with Crippen LogP contribution in [0, 0.1) is 6.92 Å². The molecule has 0 aliphatic heterocycles. The minimum atomic E-state index is -1.12. The van der Waals surface area contributed by atoms with Gasteiger partial charge < -0.3 is 15.2 Å². The zero-order chi connectivity index (χ0) is 19.1. The highest BCUT2D eigenvalue weighted by Crippen LogP contribution is 2.22. The van der Waals surface area contributed by atoms with Crippen molar-refractivity contribution in [2.24, 2.45) is 0 Å². The Morgan fingerprint density at radius 3 is 2.69 bits per heavy atom. The van der Waals surface area contributed by atoms with E-state index < -0.39 is 24.5 Å². The van der Waals surface area contributed by atoms with Crippen molar-refractivity contribution in [3.05, 3.63) is 58.4 Å². The zero-order valence-corrected chi connectivity index (χ0v) is 15.2. The second kappa shape index (κ2) is 9.17. The quantitative estimate of drug-likeness (QED) is 0.564. The van der Waals surface area contributed by atoms with Gasteiger partial charge in [-0.2, -0.15) is 5.10 Å². The molecule has 8 heteroatoms. The number of halogens is 1. The second-order valence-corrected chi connectivity index (χ2v) is 5.89. The number of rotatable bonds is 7. The van der Waals surface area contributed by atoms with E-state index >= 15 is 0 Å². The third-order valence-corrected chi connectivity index (χ3v) is 4.07. The molecule has 2 aromatic rings. The predicted molar refractivity (Wildman–Crippen MR) is 97.6 cm³/mol. The summed E-state index contributed by atoms with van der Waals surface area (Å²) < 4.78 is 6.14. The summed E-state index contributed by atoms with van der Waals surface area (Å²) in [5.74, 6) is -1.28. The molecule has 1 amide bonds. The van der Waals surface area contributed by atoms with E-state index in [-0.39, 0.29) is 0 Å². The number of aliphatic hydroxyl groups is 1. The van der Waals surface area contributed by atoms with Gasteiger partial charge in [0.25, 0.3) is 0 Å². The summed E-state index contributed by atoms with van der Waals surface area (Å²) >= 11 is 6.37. The molecule has 0 unspecified atom stereocenters. The maximum absolute atomic E-state index is 11.9. The van der Waals surface area contributed by atoms with Gasteiger partial charge in [-0.15, -0.1) is 0 Å². The summed E-state index contributed by atoms with van der Waals surface area (Å²) in [7, 11) is 1.18. The Morgan fingerprint density at radius 1 is 1.38 bits per heavy atom. The van der Waals surface area contributed by atoms with Gasteiger partial charge in [-0.25, -0.2) is 9.48 Å². The van der Waals surface area contributed by atoms with Crippen LogP contribution in [-0.4, -0.2) is 46.5 Å². The van der Waals surface area contributed by atoms with Gasteiger partial charge in [0.05, 0.1) is 26.0 Å². The van der Waals surface area contributed by atoms with Crippen molar-refractivity contribution in [2.75, 3.05) is 13.7 Å². The summed E-state index contributed by atoms with van der Waals surface area (Å²) in [6.07, 6.45) is 2.75. The second-order valence-electron chi connectivity index (χ2n) is 5.53. The molecule has 1 atom stereocenters. The van der Waals surface area contributed by atoms with Crippen LogP contribution in [-0.2, 0) is 20.9 Å². The lowest BCUT2D eigenvalue weighted by Crippen LogP contribution is -2.43. The van der Waals surface area contributed by atoms with E-state index in [1.807, 2.05) is 30.3 Å². The molecule has 26 heavy (non-hydrogen) atoms. The Labute approximate surface area is 156 Å². The van der Waals surface area contributed by atoms with Crippen molar-refractivity contribution in [1.29, 1.82) is 0 Å². The first-order chi connectivity index (χ1) is 12.5. The van der Waals surface area contributed by atoms with Gasteiger partial charge in [0.1, 0.15) is 5.15 Å². The van der Waals surface area contributed by atoms with Crippen LogP contribution in [0.1, 0.15) is 16.8 Å². The fourth-order valence-corrected chi connectivity index (χ4v) is 2.62. The monoisotopic (exact) mass is 377 g/mol. The Balaban J connectivity index is 2.10. The molecule has 7 nitrogen and oxygen atoms in total. The van der Waals surface area contributed by atoms with Gasteiger partial charge in [-0.05, 0) is 18.6 Å². The largest absolute Gasteiger partial charge is 0.467 e. The Morgan fingerprint density at radius 2 is 2.08 bits per heavy atom. The van der Waals surface area contributed by atoms with Crippen molar-refractivity contribution in [2.45, 2.75) is 19.5 Å². The molecule has 0 spiro atoms. The number of hydrogen-bond acceptors (Lipinski definition) is 5. The number of esters is 1. The number of ether oxygens (including phenoxy) is 1. The van der Waals surface area contributed by atoms with Crippen LogP contribution < -0.4 is 5.32 Å². The van der Waals surface area contributed by atoms with E-state index in [9.17, 15) is 9.59 Å². The molecule has 2 rings (SSSR count). The van der Waals surface area contributed by atoms with Gasteiger partial charge in [0.2, 0.25) is 5.91 Å². The Bertz CT molecular complexity index is 802. The highest BCUT2D eigenvalue weighted by Gasteiger charge is 2.19. The molecule has 0 radical (unpaired) electrons. The standard InChI is InChI=1S/C18H20ClN3O4/c1-12-14(8-9-16(24)20-15(11-23)18(25)26-2)17(19)22(21-12)10-13-6-4-3-5-7-13/h3-9,15,23H,10-11H2,1-2H3,(H,20,24)/b9-8+/t15-/m0/s1. The minimum absolute atomic E-state index is 0.405. The van der Waals surface area contributed by atoms with Crippen LogP contribution in [0.25, 0.3) is 6.08 Å². The maximum Gasteiger partial charge on any atom is 0.330 e. The summed E-state index contributed by atoms with van der Waals surface area (Å²) in [4.78, 5) is 23.3. The normalized spacial score (nSPS) is 12.2. The maximum atomic E-state index is 11.9. The lowest BCUT2D eigenvalue weighted by atomic mass is 10.2. The minimum Gasteiger partial charge on any atom is -0.467 e. The van der Waals surface area contributed by atoms with Crippen molar-refractivity contribution >= 4 is 29.6 Å². The third kappa shape index (κ3) is 4.93. The average Bonchev–Trinajstić information content (AvgIpc) is 2.91. The summed E-state index contributed by atoms with van der Waals surface area (Å²) in [5, 5.41) is 16.3. The zero-order valence-electron chi connectivity index (χ0n) is 14.5. The number of aliphatic hydroxyl groups excluding tert-OH is 1. The topological polar surface area (TPSA) is 93.4 Å². The van der Waals surface area contributed by atoms with E-state index in [1.165, 1.54) is 19.3 Å². The van der Waals surface area contributed by atoms with Crippen LogP contribution in [0.15, 0.2) is 36.4 Å². The van der Waals surface area contributed by atoms with E-state index in [0.717, 1.165) is 5.56 Å². The first-order valence-electron chi connectivity index (χ1n) is 7.90. The first kappa shape index (κ1) is 19.7. The van der Waals surface area contributed by atoms with Gasteiger partial charge in [0, 0.05) is 11.6 Å². The molecule has 0 saturated carbocycles. The first-order valence-corrected chi connectivity index (χ1v) is 8.28. The summed E-state index contributed by atoms with van der Waals surface area (Å²) in [6.45, 7) is 1.74. The number of amides is 1. The molecular weight excluding hydrogens is 358 g/mol. The van der Waals surface area contributed by atoms with Crippen LogP contribution in [0.2, 0.25) is 5.15 Å². The number of hydrogen-bond donors (Lipinski definition) is 2. The van der Waals surface area contributed by atoms with Crippen molar-refractivity contribution in [3.63, 3.8) is 0 Å². The predicted octanol–water partition coefficient (Wildman–Crippen LogP) is 1.56. The average molecular weight is 378 g/mol. The summed E-state index contributed by atoms with van der Waals surface area (Å²) in [6, 6.07) is 8.62. The lowest BCUT2D eigenvalue weighted by Gasteiger charge is -2.11. The van der Waals surface area contributed by atoms with E-state index in [4.69, 9.17) is 16.7 Å². The SMILES string of the molecule is COC(=O)[C@H](CO)NC(=O)/C=C/c1c(C)nn(Cc2ccccc2)c1Cl. The van der Waals surface area contributed by atoms with Crippen molar-refractivity contribution < 1.29 is 19.4 Å². The molecule has 1 aromatic heterocycles. The van der Waals surface area contributed by atoms with E-state index in [1.54, 1.807) is 11.6 Å². The molecule has 2 N–H and O–H groups in total. The molecule has 1 aromatic carbocycles. The van der Waals surface area contributed by atoms with Crippen LogP contribution in [0.5, 0.6) is 0 Å². The molecule has 0 bridgehead atoms. The third-order valence-electron chi connectivity index (χ3n) is 3.67. The van der Waals surface area contributed by atoms with E-state index in [2.05, 4.69) is 15.2 Å². The molecule has 0 aliphatic carbocycles. The Hall–Kier alpha value is -2.64. The highest BCUT2D eigenvalue weighted by molar-refractivity contribution is 6.31. The van der Waals surface area contributed by atoms with Crippen LogP contribution in [0.3, 0.4) is 0 Å². The number of aromatic nitrogens is 2. The van der Waals surface area contributed by atoms with Crippen LogP contribution in [0.4, 0.5) is 0 Å². The van der Waals surface area contributed by atoms with E-state index in [0.29, 0.717) is 23.0 Å². The van der Waals surface area contributed by atoms with Gasteiger partial charge in [-0.3, -0.25) is 4.79 Å². The summed E-state index contributed by atoms with van der Waals surface area (Å²) in [5.41, 5.74) is 2.33. The number of carbonyl (C=O) groups is 2. The lowest BCUT2D eigenvalue weighted by molar-refractivity contribution is -0.145. The Kier molecular flexibility index (Phi) is 6.94. The molecule has 0 fully saturated rings. The van der Waals surface area contributed by atoms with Gasteiger partial charge in [-0.1, -0.05) is 41.9 Å². The number of aryl methyl sites for hydroxylation is 1. The molecule has 0 saturated heterocycles. The molecule has 1 heterocycles. The van der Waals surface area contributed by atoms with Crippen LogP contribution >= 0.6 is 11.6 Å². The number of nitrogens with zero attached hydrogens (tertiary/aromatic N) is 2.